The zero-order chi connectivity index (χ0) is 20.8. The molecule has 0 spiro atoms. The van der Waals surface area contributed by atoms with Crippen LogP contribution in [0.3, 0.4) is 0 Å². The molecule has 3 aliphatic heterocycles. The Morgan fingerprint density at radius 1 is 1.13 bits per heavy atom. The van der Waals surface area contributed by atoms with Gasteiger partial charge in [-0.15, -0.1) is 0 Å². The van der Waals surface area contributed by atoms with E-state index in [1.165, 1.54) is 29.3 Å². The van der Waals surface area contributed by atoms with Crippen LogP contribution in [-0.4, -0.2) is 29.9 Å². The summed E-state index contributed by atoms with van der Waals surface area (Å²) in [5.74, 6) is -1.23. The molecule has 2 amide bonds. The topological polar surface area (TPSA) is 71.0 Å². The highest BCUT2D eigenvalue weighted by Crippen LogP contribution is 2.37. The standard InChI is InChI=1S/C23H20N4O3/c1-14-18(21(28)27(22(29)19(14)24-2)23-25-7-10-30-23)13-15-11-16-5-3-8-26-9-4-6-17(12-15)20(16)26/h7,10-13H,3-6,8-9H2,1H3. The summed E-state index contributed by atoms with van der Waals surface area (Å²) in [6.45, 7) is 11.3. The van der Waals surface area contributed by atoms with E-state index in [1.807, 2.05) is 0 Å². The van der Waals surface area contributed by atoms with Gasteiger partial charge in [-0.2, -0.15) is 0 Å². The number of benzene rings is 1. The summed E-state index contributed by atoms with van der Waals surface area (Å²) in [7, 11) is 0. The summed E-state index contributed by atoms with van der Waals surface area (Å²) in [6, 6.07) is 4.14. The van der Waals surface area contributed by atoms with E-state index < -0.39 is 11.8 Å². The Bertz CT molecular complexity index is 1140. The van der Waals surface area contributed by atoms with Crippen molar-refractivity contribution in [1.82, 2.24) is 4.98 Å². The maximum atomic E-state index is 13.2. The van der Waals surface area contributed by atoms with Crippen LogP contribution in [-0.2, 0) is 22.4 Å². The van der Waals surface area contributed by atoms with E-state index in [-0.39, 0.29) is 11.7 Å². The SMILES string of the molecule is [C-]#[N+]C1=C(C)C(=Cc2cc3c4c(c2)CCCN4CCC3)C(=O)N(c2ncco2)C1=O. The second kappa shape index (κ2) is 6.99. The molecule has 0 unspecified atom stereocenters. The molecule has 0 saturated carbocycles. The number of hydrogen-bond donors (Lipinski definition) is 0. The highest BCUT2D eigenvalue weighted by Gasteiger charge is 2.39. The summed E-state index contributed by atoms with van der Waals surface area (Å²) in [5, 5.41) is 0. The summed E-state index contributed by atoms with van der Waals surface area (Å²) in [4.78, 5) is 36.6. The van der Waals surface area contributed by atoms with Crippen molar-refractivity contribution in [3.05, 3.63) is 69.5 Å². The van der Waals surface area contributed by atoms with Gasteiger partial charge >= 0.3 is 6.01 Å². The minimum atomic E-state index is -0.705. The van der Waals surface area contributed by atoms with Crippen LogP contribution in [0, 0.1) is 6.57 Å². The van der Waals surface area contributed by atoms with Crippen LogP contribution in [0.1, 0.15) is 36.5 Å². The van der Waals surface area contributed by atoms with Crippen molar-refractivity contribution in [2.24, 2.45) is 0 Å². The first kappa shape index (κ1) is 18.4. The smallest absolute Gasteiger partial charge is 0.310 e. The lowest BCUT2D eigenvalue weighted by atomic mass is 9.89. The predicted molar refractivity (Wildman–Crippen MR) is 112 cm³/mol. The second-order valence-corrected chi connectivity index (χ2v) is 7.79. The quantitative estimate of drug-likeness (QED) is 0.438. The van der Waals surface area contributed by atoms with Crippen molar-refractivity contribution in [2.45, 2.75) is 32.6 Å². The number of carbonyl (C=O) groups excluding carboxylic acids is 2. The van der Waals surface area contributed by atoms with Crippen LogP contribution in [0.4, 0.5) is 11.7 Å². The second-order valence-electron chi connectivity index (χ2n) is 7.79. The van der Waals surface area contributed by atoms with Crippen LogP contribution in [0.15, 0.2) is 45.9 Å². The van der Waals surface area contributed by atoms with Gasteiger partial charge in [0.25, 0.3) is 17.5 Å². The van der Waals surface area contributed by atoms with Gasteiger partial charge in [0.2, 0.25) is 0 Å². The largest absolute Gasteiger partial charge is 0.431 e. The highest BCUT2D eigenvalue weighted by atomic mass is 16.4. The first-order chi connectivity index (χ1) is 14.6. The zero-order valence-electron chi connectivity index (χ0n) is 16.6. The monoisotopic (exact) mass is 400 g/mol. The maximum Gasteiger partial charge on any atom is 0.310 e. The number of aryl methyl sites for hydroxylation is 2. The third kappa shape index (κ3) is 2.76. The van der Waals surface area contributed by atoms with Crippen LogP contribution in [0.5, 0.6) is 0 Å². The molecule has 7 heteroatoms. The van der Waals surface area contributed by atoms with Gasteiger partial charge in [-0.05, 0) is 73.1 Å². The Morgan fingerprint density at radius 2 is 1.83 bits per heavy atom. The fraction of sp³-hybridized carbons (Fsp3) is 0.304. The highest BCUT2D eigenvalue weighted by molar-refractivity contribution is 6.30. The molecule has 1 aromatic heterocycles. The molecule has 0 aliphatic carbocycles. The van der Waals surface area contributed by atoms with E-state index in [0.717, 1.165) is 49.2 Å². The molecule has 150 valence electrons. The number of aromatic nitrogens is 1. The normalized spacial score (nSPS) is 19.9. The predicted octanol–water partition coefficient (Wildman–Crippen LogP) is 3.52. The molecule has 0 N–H and O–H groups in total. The number of anilines is 2. The number of rotatable bonds is 2. The van der Waals surface area contributed by atoms with E-state index in [0.29, 0.717) is 11.1 Å². The van der Waals surface area contributed by atoms with Crippen molar-refractivity contribution in [2.75, 3.05) is 22.9 Å². The first-order valence-corrected chi connectivity index (χ1v) is 10.1. The van der Waals surface area contributed by atoms with Crippen LogP contribution in [0.25, 0.3) is 10.9 Å². The van der Waals surface area contributed by atoms with Crippen molar-refractivity contribution in [3.63, 3.8) is 0 Å². The third-order valence-corrected chi connectivity index (χ3v) is 5.99. The van der Waals surface area contributed by atoms with Crippen LogP contribution in [0.2, 0.25) is 0 Å². The average molecular weight is 400 g/mol. The van der Waals surface area contributed by atoms with Gasteiger partial charge in [-0.1, -0.05) is 0 Å². The Hall–Kier alpha value is -3.66. The minimum Gasteiger partial charge on any atom is -0.431 e. The van der Waals surface area contributed by atoms with Crippen molar-refractivity contribution in [1.29, 1.82) is 0 Å². The van der Waals surface area contributed by atoms with Gasteiger partial charge in [0.15, 0.2) is 0 Å². The Kier molecular flexibility index (Phi) is 4.28. The summed E-state index contributed by atoms with van der Waals surface area (Å²) in [5.41, 5.74) is 5.49. The first-order valence-electron chi connectivity index (χ1n) is 10.1. The van der Waals surface area contributed by atoms with Gasteiger partial charge in [0, 0.05) is 24.4 Å². The fourth-order valence-corrected chi connectivity index (χ4v) is 4.65. The molecule has 0 atom stereocenters. The van der Waals surface area contributed by atoms with E-state index in [1.54, 1.807) is 13.0 Å². The van der Waals surface area contributed by atoms with Crippen molar-refractivity contribution < 1.29 is 14.0 Å². The van der Waals surface area contributed by atoms with Gasteiger partial charge < -0.3 is 9.32 Å². The van der Waals surface area contributed by atoms with E-state index in [2.05, 4.69) is 26.9 Å². The summed E-state index contributed by atoms with van der Waals surface area (Å²) in [6.07, 6.45) is 8.73. The number of carbonyl (C=O) groups is 2. The molecular weight excluding hydrogens is 380 g/mol. The number of nitrogens with zero attached hydrogens (tertiary/aromatic N) is 4. The number of amides is 2. The molecule has 5 rings (SSSR count). The maximum absolute atomic E-state index is 13.2. The van der Waals surface area contributed by atoms with E-state index in [9.17, 15) is 9.59 Å². The summed E-state index contributed by atoms with van der Waals surface area (Å²) < 4.78 is 5.19. The molecule has 2 aromatic rings. The molecule has 0 radical (unpaired) electrons. The van der Waals surface area contributed by atoms with Crippen LogP contribution >= 0.6 is 0 Å². The molecular formula is C23H20N4O3. The number of oxazole rings is 1. The van der Waals surface area contributed by atoms with Gasteiger partial charge in [0.05, 0.1) is 12.8 Å². The van der Waals surface area contributed by atoms with Gasteiger partial charge in [-0.3, -0.25) is 9.59 Å². The molecule has 30 heavy (non-hydrogen) atoms. The van der Waals surface area contributed by atoms with Crippen molar-refractivity contribution in [3.8, 4) is 0 Å². The molecule has 3 aliphatic rings. The molecule has 4 heterocycles. The zero-order valence-corrected chi connectivity index (χ0v) is 16.6. The molecule has 0 fully saturated rings. The van der Waals surface area contributed by atoms with Gasteiger partial charge in [-0.25, -0.2) is 14.7 Å². The van der Waals surface area contributed by atoms with E-state index >= 15 is 0 Å². The average Bonchev–Trinajstić information content (AvgIpc) is 3.26. The third-order valence-electron chi connectivity index (χ3n) is 5.99. The molecule has 0 saturated heterocycles. The Labute approximate surface area is 174 Å². The van der Waals surface area contributed by atoms with E-state index in [4.69, 9.17) is 11.0 Å². The molecule has 7 nitrogen and oxygen atoms in total. The Morgan fingerprint density at radius 3 is 2.43 bits per heavy atom. The minimum absolute atomic E-state index is 0.0930. The molecule has 0 bridgehead atoms. The van der Waals surface area contributed by atoms with Crippen molar-refractivity contribution >= 4 is 29.6 Å². The number of hydrogen-bond acceptors (Lipinski definition) is 5. The lowest BCUT2D eigenvalue weighted by Gasteiger charge is -2.37. The lowest BCUT2D eigenvalue weighted by molar-refractivity contribution is -0.123. The number of imide groups is 1. The van der Waals surface area contributed by atoms with Gasteiger partial charge in [0.1, 0.15) is 6.26 Å². The summed E-state index contributed by atoms with van der Waals surface area (Å²) >= 11 is 0. The lowest BCUT2D eigenvalue weighted by Crippen LogP contribution is -2.42. The molecule has 1 aromatic carbocycles. The fourth-order valence-electron chi connectivity index (χ4n) is 4.65. The Balaban J connectivity index is 1.64. The van der Waals surface area contributed by atoms with Crippen LogP contribution < -0.4 is 9.80 Å².